The van der Waals surface area contributed by atoms with Crippen LogP contribution in [0.2, 0.25) is 0 Å². The molecule has 0 saturated carbocycles. The molecule has 5 nitrogen and oxygen atoms in total. The highest BCUT2D eigenvalue weighted by Gasteiger charge is 2.28. The summed E-state index contributed by atoms with van der Waals surface area (Å²) in [6, 6.07) is 16.1. The molecule has 0 radical (unpaired) electrons. The van der Waals surface area contributed by atoms with Crippen molar-refractivity contribution in [2.45, 2.75) is 25.4 Å². The van der Waals surface area contributed by atoms with Gasteiger partial charge in [-0.3, -0.25) is 9.69 Å². The summed E-state index contributed by atoms with van der Waals surface area (Å²) in [6.07, 6.45) is 2.23. The Hall–Kier alpha value is -2.57. The number of nitrogens with zero attached hydrogens (tertiary/aromatic N) is 1. The molecule has 3 heterocycles. The van der Waals surface area contributed by atoms with Gasteiger partial charge in [0.25, 0.3) is 5.91 Å². The van der Waals surface area contributed by atoms with Crippen LogP contribution in [0.1, 0.15) is 39.2 Å². The van der Waals surface area contributed by atoms with Gasteiger partial charge >= 0.3 is 0 Å². The van der Waals surface area contributed by atoms with E-state index in [1.807, 2.05) is 48.5 Å². The first-order valence-corrected chi connectivity index (χ1v) is 9.82. The molecule has 1 fully saturated rings. The number of methoxy groups -OCH3 is 1. The van der Waals surface area contributed by atoms with E-state index in [0.29, 0.717) is 10.9 Å². The van der Waals surface area contributed by atoms with Crippen LogP contribution in [0.5, 0.6) is 5.75 Å². The smallest absolute Gasteiger partial charge is 0.258 e. The summed E-state index contributed by atoms with van der Waals surface area (Å²) in [5.74, 6) is 2.28. The highest BCUT2D eigenvalue weighted by atomic mass is 32.1. The van der Waals surface area contributed by atoms with Gasteiger partial charge in [-0.2, -0.15) is 0 Å². The maximum absolute atomic E-state index is 11.4. The molecule has 1 aliphatic heterocycles. The van der Waals surface area contributed by atoms with E-state index in [9.17, 15) is 4.79 Å². The molecule has 3 aromatic rings. The predicted molar refractivity (Wildman–Crippen MR) is 106 cm³/mol. The molecule has 0 aliphatic carbocycles. The lowest BCUT2D eigenvalue weighted by Gasteiger charge is -2.22. The lowest BCUT2D eigenvalue weighted by molar-refractivity contribution is 0.100. The summed E-state index contributed by atoms with van der Waals surface area (Å²) < 4.78 is 11.3. The fourth-order valence-electron chi connectivity index (χ4n) is 3.58. The van der Waals surface area contributed by atoms with E-state index in [1.165, 1.54) is 16.2 Å². The van der Waals surface area contributed by atoms with Gasteiger partial charge in [0.1, 0.15) is 17.3 Å². The van der Waals surface area contributed by atoms with Crippen LogP contribution in [-0.2, 0) is 6.54 Å². The van der Waals surface area contributed by atoms with Gasteiger partial charge in [0, 0.05) is 16.5 Å². The molecule has 2 aromatic heterocycles. The Morgan fingerprint density at radius 2 is 2.04 bits per heavy atom. The Morgan fingerprint density at radius 1 is 1.22 bits per heavy atom. The molecule has 1 aliphatic rings. The van der Waals surface area contributed by atoms with Crippen LogP contribution < -0.4 is 10.5 Å². The highest BCUT2D eigenvalue weighted by molar-refractivity contribution is 7.14. The van der Waals surface area contributed by atoms with Crippen LogP contribution >= 0.6 is 11.3 Å². The number of hydrogen-bond donors (Lipinski definition) is 1. The minimum absolute atomic E-state index is 0.317. The van der Waals surface area contributed by atoms with Crippen LogP contribution in [0.25, 0.3) is 11.3 Å². The van der Waals surface area contributed by atoms with Crippen molar-refractivity contribution in [1.29, 1.82) is 0 Å². The van der Waals surface area contributed by atoms with Gasteiger partial charge in [-0.05, 0) is 67.9 Å². The number of furan rings is 1. The first-order valence-electron chi connectivity index (χ1n) is 9.01. The minimum Gasteiger partial charge on any atom is -0.497 e. The van der Waals surface area contributed by atoms with E-state index >= 15 is 0 Å². The summed E-state index contributed by atoms with van der Waals surface area (Å²) in [4.78, 5) is 15.6. The zero-order valence-corrected chi connectivity index (χ0v) is 16.0. The summed E-state index contributed by atoms with van der Waals surface area (Å²) >= 11 is 1.50. The van der Waals surface area contributed by atoms with E-state index in [1.54, 1.807) is 7.11 Å². The number of nitrogens with two attached hydrogens (primary N) is 1. The Labute approximate surface area is 162 Å². The molecule has 0 unspecified atom stereocenters. The number of ether oxygens (including phenoxy) is 1. The van der Waals surface area contributed by atoms with Crippen LogP contribution in [-0.4, -0.2) is 24.5 Å². The SMILES string of the molecule is COc1ccc(-c2ccc(CN3CCC[C@@H]3c3ccc(C(N)=O)s3)o2)cc1. The van der Waals surface area contributed by atoms with E-state index < -0.39 is 0 Å². The molecule has 1 saturated heterocycles. The zero-order chi connectivity index (χ0) is 18.8. The molecule has 1 amide bonds. The number of thiophene rings is 1. The number of hydrogen-bond acceptors (Lipinski definition) is 5. The lowest BCUT2D eigenvalue weighted by Crippen LogP contribution is -2.21. The molecular weight excluding hydrogens is 360 g/mol. The first-order chi connectivity index (χ1) is 13.1. The predicted octanol–water partition coefficient (Wildman–Crippen LogP) is 4.45. The second-order valence-corrected chi connectivity index (χ2v) is 7.80. The number of primary amides is 1. The van der Waals surface area contributed by atoms with Gasteiger partial charge in [-0.1, -0.05) is 0 Å². The van der Waals surface area contributed by atoms with Gasteiger partial charge in [0.05, 0.1) is 18.5 Å². The monoisotopic (exact) mass is 382 g/mol. The second kappa shape index (κ2) is 7.58. The van der Waals surface area contributed by atoms with E-state index in [4.69, 9.17) is 14.9 Å². The molecule has 0 spiro atoms. The Bertz CT molecular complexity index is 929. The molecule has 2 N–H and O–H groups in total. The maximum Gasteiger partial charge on any atom is 0.258 e. The van der Waals surface area contributed by atoms with Gasteiger partial charge in [-0.15, -0.1) is 11.3 Å². The van der Waals surface area contributed by atoms with Gasteiger partial charge < -0.3 is 14.9 Å². The van der Waals surface area contributed by atoms with Crippen molar-refractivity contribution in [3.05, 3.63) is 64.0 Å². The van der Waals surface area contributed by atoms with Crippen molar-refractivity contribution in [1.82, 2.24) is 4.90 Å². The van der Waals surface area contributed by atoms with E-state index in [0.717, 1.165) is 48.8 Å². The minimum atomic E-state index is -0.356. The number of carbonyl (C=O) groups excluding carboxylic acids is 1. The average Bonchev–Trinajstić information content (AvgIpc) is 3.42. The summed E-state index contributed by atoms with van der Waals surface area (Å²) in [6.45, 7) is 1.78. The molecule has 1 aromatic carbocycles. The standard InChI is InChI=1S/C21H22N2O3S/c1-25-15-6-4-14(5-7-15)18-9-8-16(26-18)13-23-12-2-3-17(23)19-10-11-20(27-19)21(22)24/h4-11,17H,2-3,12-13H2,1H3,(H2,22,24)/t17-/m1/s1. The number of amides is 1. The largest absolute Gasteiger partial charge is 0.497 e. The normalized spacial score (nSPS) is 17.3. The number of carbonyl (C=O) groups is 1. The Morgan fingerprint density at radius 3 is 2.74 bits per heavy atom. The molecule has 0 bridgehead atoms. The topological polar surface area (TPSA) is 68.7 Å². The maximum atomic E-state index is 11.4. The van der Waals surface area contributed by atoms with E-state index in [-0.39, 0.29) is 5.91 Å². The van der Waals surface area contributed by atoms with Crippen molar-refractivity contribution >= 4 is 17.2 Å². The molecular formula is C21H22N2O3S. The van der Waals surface area contributed by atoms with Crippen LogP contribution in [0.15, 0.2) is 52.9 Å². The summed E-state index contributed by atoms with van der Waals surface area (Å²) in [7, 11) is 1.66. The fraction of sp³-hybridized carbons (Fsp3) is 0.286. The average molecular weight is 382 g/mol. The Kier molecular flexibility index (Phi) is 5.01. The third-order valence-corrected chi connectivity index (χ3v) is 6.16. The number of benzene rings is 1. The van der Waals surface area contributed by atoms with Crippen molar-refractivity contribution in [3.63, 3.8) is 0 Å². The van der Waals surface area contributed by atoms with E-state index in [2.05, 4.69) is 4.90 Å². The molecule has 27 heavy (non-hydrogen) atoms. The Balaban J connectivity index is 1.48. The van der Waals surface area contributed by atoms with Crippen molar-refractivity contribution in [2.24, 2.45) is 5.73 Å². The third-order valence-electron chi connectivity index (χ3n) is 4.96. The van der Waals surface area contributed by atoms with Gasteiger partial charge in [-0.25, -0.2) is 0 Å². The molecule has 1 atom stereocenters. The first kappa shape index (κ1) is 17.8. The molecule has 4 rings (SSSR count). The molecule has 140 valence electrons. The summed E-state index contributed by atoms with van der Waals surface area (Å²) in [5, 5.41) is 0. The summed E-state index contributed by atoms with van der Waals surface area (Å²) in [5.41, 5.74) is 6.43. The second-order valence-electron chi connectivity index (χ2n) is 6.69. The fourth-order valence-corrected chi connectivity index (χ4v) is 4.61. The highest BCUT2D eigenvalue weighted by Crippen LogP contribution is 2.37. The van der Waals surface area contributed by atoms with Gasteiger partial charge in [0.15, 0.2) is 0 Å². The number of rotatable bonds is 6. The van der Waals surface area contributed by atoms with Crippen molar-refractivity contribution < 1.29 is 13.9 Å². The number of likely N-dealkylation sites (tertiary alicyclic amines) is 1. The van der Waals surface area contributed by atoms with Crippen LogP contribution in [0.4, 0.5) is 0 Å². The van der Waals surface area contributed by atoms with Crippen molar-refractivity contribution in [3.8, 4) is 17.1 Å². The van der Waals surface area contributed by atoms with Crippen molar-refractivity contribution in [2.75, 3.05) is 13.7 Å². The lowest BCUT2D eigenvalue weighted by atomic mass is 10.2. The zero-order valence-electron chi connectivity index (χ0n) is 15.2. The third kappa shape index (κ3) is 3.77. The van der Waals surface area contributed by atoms with Crippen LogP contribution in [0, 0.1) is 0 Å². The quantitative estimate of drug-likeness (QED) is 0.684. The molecule has 6 heteroatoms. The van der Waals surface area contributed by atoms with Crippen LogP contribution in [0.3, 0.4) is 0 Å². The van der Waals surface area contributed by atoms with Gasteiger partial charge in [0.2, 0.25) is 0 Å².